The van der Waals surface area contributed by atoms with Crippen LogP contribution in [0.5, 0.6) is 0 Å². The first-order valence-corrected chi connectivity index (χ1v) is 32.5. The summed E-state index contributed by atoms with van der Waals surface area (Å²) in [5, 5.41) is 0. The standard InChI is InChI=1S/C89H79BN2/c1-85(2,3)60-45-48-77(69(50-60)56-29-16-13-17-30-56)91-79-53-61(86(4,5)6)44-46-75(79)90-76-49-59(64-38-28-39-68-67-37-24-27-42-74(67)89(82(64)68)72-40-25-22-35-65(72)66-36-23-26-41-73(66)89)43-47-78(76)92(81-55-63(88(10,11)12)54-80(91)83(81)90)84-70(57-31-18-14-19-32-57)51-62(87(7,8)9)52-71(84)58-33-20-15-21-34-58/h13-55H,1-12H3/i22D,23D,25D,26D,35D,36D,40D,41D. The van der Waals surface area contributed by atoms with Gasteiger partial charge in [-0.2, -0.15) is 0 Å². The molecule has 0 amide bonds. The average molecular weight is 1200 g/mol. The summed E-state index contributed by atoms with van der Waals surface area (Å²) in [6, 6.07) is 74.5. The van der Waals surface area contributed by atoms with Gasteiger partial charge in [-0.05, 0) is 181 Å². The van der Waals surface area contributed by atoms with Gasteiger partial charge in [0.25, 0.3) is 6.71 Å². The minimum atomic E-state index is -1.63. The van der Waals surface area contributed by atoms with Gasteiger partial charge in [-0.3, -0.25) is 0 Å². The molecule has 2 aliphatic carbocycles. The molecule has 12 aromatic carbocycles. The van der Waals surface area contributed by atoms with E-state index in [1.165, 1.54) is 22.3 Å². The number of rotatable bonds is 6. The van der Waals surface area contributed by atoms with E-state index in [1.807, 2.05) is 24.3 Å². The molecular weight excluding hydrogens is 1110 g/mol. The van der Waals surface area contributed by atoms with E-state index >= 15 is 0 Å². The van der Waals surface area contributed by atoms with Crippen LogP contribution in [0.4, 0.5) is 34.1 Å². The van der Waals surface area contributed by atoms with E-state index in [1.54, 1.807) is 0 Å². The van der Waals surface area contributed by atoms with Crippen LogP contribution >= 0.6 is 0 Å². The second kappa shape index (κ2) is 20.7. The lowest BCUT2D eigenvalue weighted by Gasteiger charge is -2.46. The van der Waals surface area contributed by atoms with E-state index in [-0.39, 0.29) is 74.8 Å². The summed E-state index contributed by atoms with van der Waals surface area (Å²) >= 11 is 0. The van der Waals surface area contributed by atoms with Crippen LogP contribution in [-0.2, 0) is 27.1 Å². The quantitative estimate of drug-likeness (QED) is 0.153. The van der Waals surface area contributed by atoms with Crippen LogP contribution in [0.2, 0.25) is 0 Å². The van der Waals surface area contributed by atoms with Crippen molar-refractivity contribution in [3.05, 3.63) is 305 Å². The fraction of sp³-hybridized carbons (Fsp3) is 0.191. The first-order chi connectivity index (χ1) is 47.5. The summed E-state index contributed by atoms with van der Waals surface area (Å²) in [6.07, 6.45) is 0. The Morgan fingerprint density at radius 3 is 1.35 bits per heavy atom. The van der Waals surface area contributed by atoms with Gasteiger partial charge in [-0.15, -0.1) is 0 Å². The van der Waals surface area contributed by atoms with Crippen molar-refractivity contribution < 1.29 is 11.0 Å². The summed E-state index contributed by atoms with van der Waals surface area (Å²) in [5.41, 5.74) is 23.6. The Morgan fingerprint density at radius 2 is 0.761 bits per heavy atom. The Labute approximate surface area is 557 Å². The van der Waals surface area contributed by atoms with Crippen molar-refractivity contribution >= 4 is 57.2 Å². The van der Waals surface area contributed by atoms with E-state index in [4.69, 9.17) is 2.74 Å². The van der Waals surface area contributed by atoms with Crippen LogP contribution in [0.3, 0.4) is 0 Å². The topological polar surface area (TPSA) is 6.48 Å². The number of hydrogen-bond acceptors (Lipinski definition) is 2. The molecule has 16 rings (SSSR count). The molecule has 92 heavy (non-hydrogen) atoms. The molecule has 0 atom stereocenters. The SMILES string of the molecule is [2H]c1c([2H])c([2H])c2c(c1[2H])-c1c([2H])c([2H])c([2H])c([2H])c1C21c2ccccc2-c2cccc(-c3ccc4c(c3)B3c5ccc(C(C)(C)C)cc5N(c5ccc(C(C)(C)C)cc5-c5ccccc5)c5cc(C(C)(C)C)cc(c53)N4c3c(-c4ccccc4)cc(C(C)(C)C)cc3-c3ccccc3)c21. The number of hydrogen-bond donors (Lipinski definition) is 0. The lowest BCUT2D eigenvalue weighted by atomic mass is 9.33. The third-order valence-corrected chi connectivity index (χ3v) is 20.1. The van der Waals surface area contributed by atoms with E-state index in [0.29, 0.717) is 11.1 Å². The third-order valence-electron chi connectivity index (χ3n) is 20.1. The predicted molar refractivity (Wildman–Crippen MR) is 393 cm³/mol. The highest BCUT2D eigenvalue weighted by molar-refractivity contribution is 7.00. The molecule has 2 aliphatic heterocycles. The molecule has 1 spiro atoms. The molecular formula is C89H79BN2. The van der Waals surface area contributed by atoms with Gasteiger partial charge in [0, 0.05) is 39.4 Å². The fourth-order valence-corrected chi connectivity index (χ4v) is 15.4. The largest absolute Gasteiger partial charge is 0.311 e. The number of benzene rings is 12. The smallest absolute Gasteiger partial charge is 0.252 e. The maximum absolute atomic E-state index is 10.1. The van der Waals surface area contributed by atoms with Crippen LogP contribution in [0, 0.1) is 0 Å². The van der Waals surface area contributed by atoms with Crippen molar-refractivity contribution in [2.75, 3.05) is 9.80 Å². The molecule has 3 heteroatoms. The van der Waals surface area contributed by atoms with E-state index < -0.39 is 29.6 Å². The Hall–Kier alpha value is -9.70. The lowest BCUT2D eigenvalue weighted by molar-refractivity contribution is 0.589. The highest BCUT2D eigenvalue weighted by atomic mass is 15.2. The number of anilines is 6. The van der Waals surface area contributed by atoms with Crippen molar-refractivity contribution in [2.45, 2.75) is 110 Å². The van der Waals surface area contributed by atoms with Crippen molar-refractivity contribution in [3.63, 3.8) is 0 Å². The minimum absolute atomic E-state index is 0.0904. The molecule has 0 fully saturated rings. The monoisotopic (exact) mass is 1190 g/mol. The molecule has 0 bridgehead atoms. The molecule has 2 heterocycles. The number of fused-ring (bicyclic) bond motifs is 14. The van der Waals surface area contributed by atoms with Gasteiger partial charge in [0.1, 0.15) is 0 Å². The second-order valence-corrected chi connectivity index (χ2v) is 29.9. The Morgan fingerprint density at radius 1 is 0.304 bits per heavy atom. The molecule has 0 radical (unpaired) electrons. The molecule has 0 N–H and O–H groups in total. The van der Waals surface area contributed by atoms with E-state index in [9.17, 15) is 8.22 Å². The minimum Gasteiger partial charge on any atom is -0.311 e. The van der Waals surface area contributed by atoms with Crippen LogP contribution < -0.4 is 26.2 Å². The summed E-state index contributed by atoms with van der Waals surface area (Å²) in [5.74, 6) is 0. The lowest BCUT2D eigenvalue weighted by Crippen LogP contribution is -2.61. The molecule has 0 saturated heterocycles. The molecule has 4 aliphatic rings. The molecule has 2 nitrogen and oxygen atoms in total. The van der Waals surface area contributed by atoms with E-state index in [0.717, 1.165) is 106 Å². The van der Waals surface area contributed by atoms with E-state index in [2.05, 4.69) is 281 Å². The average Bonchev–Trinajstić information content (AvgIpc) is 1.45. The van der Waals surface area contributed by atoms with Crippen molar-refractivity contribution in [2.24, 2.45) is 0 Å². The van der Waals surface area contributed by atoms with Gasteiger partial charge in [0.15, 0.2) is 0 Å². The van der Waals surface area contributed by atoms with Gasteiger partial charge in [-0.1, -0.05) is 295 Å². The van der Waals surface area contributed by atoms with Gasteiger partial charge in [-0.25, -0.2) is 0 Å². The summed E-state index contributed by atoms with van der Waals surface area (Å²) < 4.78 is 76.9. The first-order valence-electron chi connectivity index (χ1n) is 36.5. The van der Waals surface area contributed by atoms with Crippen molar-refractivity contribution in [3.8, 4) is 66.8 Å². The Kier molecular flexibility index (Phi) is 11.0. The van der Waals surface area contributed by atoms with Crippen molar-refractivity contribution in [1.29, 1.82) is 0 Å². The molecule has 0 saturated carbocycles. The van der Waals surface area contributed by atoms with Gasteiger partial charge in [0.2, 0.25) is 0 Å². The molecule has 0 unspecified atom stereocenters. The number of nitrogens with zero attached hydrogens (tertiary/aromatic N) is 2. The summed E-state index contributed by atoms with van der Waals surface area (Å²) in [6.45, 7) is 27.2. The van der Waals surface area contributed by atoms with Crippen molar-refractivity contribution in [1.82, 2.24) is 0 Å². The zero-order chi connectivity index (χ0) is 70.3. The first kappa shape index (κ1) is 49.1. The zero-order valence-electron chi connectivity index (χ0n) is 62.7. The van der Waals surface area contributed by atoms with Crippen LogP contribution in [0.1, 0.15) is 139 Å². The molecule has 12 aromatic rings. The fourth-order valence-electron chi connectivity index (χ4n) is 15.4. The van der Waals surface area contributed by atoms with Crippen LogP contribution in [0.15, 0.2) is 261 Å². The van der Waals surface area contributed by atoms with Gasteiger partial charge in [0.05, 0.1) is 27.8 Å². The Bertz CT molecular complexity index is 5330. The van der Waals surface area contributed by atoms with Gasteiger partial charge < -0.3 is 9.80 Å². The van der Waals surface area contributed by atoms with Crippen LogP contribution in [0.25, 0.3) is 66.8 Å². The van der Waals surface area contributed by atoms with Gasteiger partial charge >= 0.3 is 0 Å². The Balaban J connectivity index is 1.08. The van der Waals surface area contributed by atoms with Crippen LogP contribution in [-0.4, -0.2) is 6.71 Å². The highest BCUT2D eigenvalue weighted by Gasteiger charge is 2.53. The predicted octanol–water partition coefficient (Wildman–Crippen LogP) is 22.0. The summed E-state index contributed by atoms with van der Waals surface area (Å²) in [7, 11) is 0. The maximum atomic E-state index is 10.1. The molecule has 0 aromatic heterocycles. The maximum Gasteiger partial charge on any atom is 0.252 e. The molecule has 448 valence electrons. The second-order valence-electron chi connectivity index (χ2n) is 29.9. The highest BCUT2D eigenvalue weighted by Crippen LogP contribution is 2.65. The third kappa shape index (κ3) is 8.75. The summed E-state index contributed by atoms with van der Waals surface area (Å²) in [4.78, 5) is 5.16. The normalized spacial score (nSPS) is 15.3. The zero-order valence-corrected chi connectivity index (χ0v) is 54.7.